The van der Waals surface area contributed by atoms with Gasteiger partial charge in [0.2, 0.25) is 0 Å². The molecule has 0 radical (unpaired) electrons. The zero-order valence-electron chi connectivity index (χ0n) is 18.4. The smallest absolute Gasteiger partial charge is 0.191 e. The lowest BCUT2D eigenvalue weighted by molar-refractivity contribution is 0.266. The van der Waals surface area contributed by atoms with Gasteiger partial charge in [-0.1, -0.05) is 33.1 Å². The average Bonchev–Trinajstić information content (AvgIpc) is 3.24. The second kappa shape index (κ2) is 13.3. The molecule has 1 fully saturated rings. The van der Waals surface area contributed by atoms with E-state index in [4.69, 9.17) is 4.99 Å². The number of likely N-dealkylation sites (tertiary alicyclic amines) is 1. The molecule has 28 heavy (non-hydrogen) atoms. The van der Waals surface area contributed by atoms with Crippen LogP contribution >= 0.6 is 24.0 Å². The maximum atomic E-state index is 4.80. The van der Waals surface area contributed by atoms with Gasteiger partial charge in [-0.25, -0.2) is 4.99 Å². The second-order valence-corrected chi connectivity index (χ2v) is 7.73. The van der Waals surface area contributed by atoms with E-state index in [0.29, 0.717) is 18.6 Å². The minimum atomic E-state index is 0. The van der Waals surface area contributed by atoms with Crippen LogP contribution in [0.25, 0.3) is 0 Å². The molecule has 2 heterocycles. The molecule has 8 heteroatoms. The number of nitrogens with one attached hydrogen (secondary N) is 2. The van der Waals surface area contributed by atoms with Crippen LogP contribution in [0.4, 0.5) is 0 Å². The summed E-state index contributed by atoms with van der Waals surface area (Å²) in [5.74, 6) is 2.70. The Morgan fingerprint density at radius 2 is 2.07 bits per heavy atom. The Hall–Kier alpha value is -0.900. The first-order chi connectivity index (χ1) is 13.0. The number of halogens is 1. The normalized spacial score (nSPS) is 18.8. The molecule has 1 aromatic heterocycles. The molecule has 2 unspecified atom stereocenters. The molecule has 162 valence electrons. The van der Waals surface area contributed by atoms with Crippen molar-refractivity contribution in [1.82, 2.24) is 30.3 Å². The number of unbranched alkanes of at least 4 members (excludes halogenated alkanes) is 2. The van der Waals surface area contributed by atoms with Crippen LogP contribution in [0.5, 0.6) is 0 Å². The van der Waals surface area contributed by atoms with Gasteiger partial charge in [-0.15, -0.1) is 34.2 Å². The number of guanidine groups is 1. The largest absolute Gasteiger partial charge is 0.355 e. The van der Waals surface area contributed by atoms with Crippen molar-refractivity contribution in [3.8, 4) is 0 Å². The summed E-state index contributed by atoms with van der Waals surface area (Å²) in [7, 11) is 1.99. The molecule has 1 aromatic rings. The predicted molar refractivity (Wildman–Crippen MR) is 127 cm³/mol. The molecule has 0 spiro atoms. The molecule has 1 aliphatic rings. The highest BCUT2D eigenvalue weighted by molar-refractivity contribution is 14.0. The first-order valence-corrected chi connectivity index (χ1v) is 10.7. The van der Waals surface area contributed by atoms with Crippen LogP contribution in [-0.4, -0.2) is 57.3 Å². The minimum Gasteiger partial charge on any atom is -0.355 e. The van der Waals surface area contributed by atoms with Gasteiger partial charge in [0.05, 0.1) is 0 Å². The van der Waals surface area contributed by atoms with Crippen LogP contribution in [0.15, 0.2) is 4.99 Å². The zero-order valence-corrected chi connectivity index (χ0v) is 20.7. The summed E-state index contributed by atoms with van der Waals surface area (Å²) >= 11 is 0. The number of aromatic nitrogens is 3. The molecule has 0 amide bonds. The fourth-order valence-electron chi connectivity index (χ4n) is 3.65. The van der Waals surface area contributed by atoms with E-state index in [2.05, 4.69) is 46.5 Å². The van der Waals surface area contributed by atoms with Crippen molar-refractivity contribution in [1.29, 1.82) is 0 Å². The number of nitrogens with zero attached hydrogens (tertiary/aromatic N) is 5. The topological polar surface area (TPSA) is 70.4 Å². The maximum absolute atomic E-state index is 4.80. The standard InChI is InChI=1S/C20H39N7.HI/c1-6-8-9-11-16(3)23-20(21-14-18-12-10-13-27(18)7-2)22-15-19-25-24-17(4)26(19)5;/h16,18H,6-15H2,1-5H3,(H2,21,22,23);1H. The number of rotatable bonds is 10. The molecule has 1 saturated heterocycles. The summed E-state index contributed by atoms with van der Waals surface area (Å²) in [6, 6.07) is 1.02. The van der Waals surface area contributed by atoms with E-state index in [-0.39, 0.29) is 24.0 Å². The molecule has 0 aliphatic carbocycles. The predicted octanol–water partition coefficient (Wildman–Crippen LogP) is 3.23. The van der Waals surface area contributed by atoms with Crippen LogP contribution < -0.4 is 10.6 Å². The highest BCUT2D eigenvalue weighted by atomic mass is 127. The number of aliphatic imine (C=N–C) groups is 1. The van der Waals surface area contributed by atoms with Gasteiger partial charge in [-0.3, -0.25) is 4.90 Å². The van der Waals surface area contributed by atoms with Crippen LogP contribution in [-0.2, 0) is 13.6 Å². The number of hydrogen-bond donors (Lipinski definition) is 2. The Balaban J connectivity index is 0.00000392. The molecule has 7 nitrogen and oxygen atoms in total. The lowest BCUT2D eigenvalue weighted by Gasteiger charge is -2.25. The third-order valence-corrected chi connectivity index (χ3v) is 5.60. The molecule has 2 rings (SSSR count). The van der Waals surface area contributed by atoms with Crippen molar-refractivity contribution >= 4 is 29.9 Å². The highest BCUT2D eigenvalue weighted by Gasteiger charge is 2.23. The number of aryl methyl sites for hydroxylation is 1. The Morgan fingerprint density at radius 3 is 2.71 bits per heavy atom. The van der Waals surface area contributed by atoms with E-state index < -0.39 is 0 Å². The Labute approximate surface area is 188 Å². The zero-order chi connectivity index (χ0) is 19.6. The molecule has 0 saturated carbocycles. The lowest BCUT2D eigenvalue weighted by atomic mass is 10.1. The molecule has 2 atom stereocenters. The molecule has 2 N–H and O–H groups in total. The lowest BCUT2D eigenvalue weighted by Crippen LogP contribution is -2.47. The van der Waals surface area contributed by atoms with Crippen molar-refractivity contribution in [2.75, 3.05) is 19.6 Å². The van der Waals surface area contributed by atoms with Gasteiger partial charge in [-0.05, 0) is 46.2 Å². The van der Waals surface area contributed by atoms with Crippen LogP contribution in [0.3, 0.4) is 0 Å². The van der Waals surface area contributed by atoms with Crippen molar-refractivity contribution < 1.29 is 0 Å². The second-order valence-electron chi connectivity index (χ2n) is 7.73. The van der Waals surface area contributed by atoms with Gasteiger partial charge in [-0.2, -0.15) is 0 Å². The number of hydrogen-bond acceptors (Lipinski definition) is 4. The third kappa shape index (κ3) is 7.85. The molecule has 0 bridgehead atoms. The molecular weight excluding hydrogens is 465 g/mol. The van der Waals surface area contributed by atoms with E-state index >= 15 is 0 Å². The minimum absolute atomic E-state index is 0. The van der Waals surface area contributed by atoms with Crippen molar-refractivity contribution in [2.45, 2.75) is 84.8 Å². The third-order valence-electron chi connectivity index (χ3n) is 5.60. The van der Waals surface area contributed by atoms with E-state index in [0.717, 1.165) is 30.7 Å². The van der Waals surface area contributed by atoms with E-state index in [1.165, 1.54) is 45.1 Å². The van der Waals surface area contributed by atoms with E-state index in [1.807, 2.05) is 18.5 Å². The van der Waals surface area contributed by atoms with Crippen LogP contribution in [0.2, 0.25) is 0 Å². The van der Waals surface area contributed by atoms with Crippen LogP contribution in [0.1, 0.15) is 70.9 Å². The highest BCUT2D eigenvalue weighted by Crippen LogP contribution is 2.15. The quantitative estimate of drug-likeness (QED) is 0.221. The monoisotopic (exact) mass is 505 g/mol. The first-order valence-electron chi connectivity index (χ1n) is 10.7. The van der Waals surface area contributed by atoms with Gasteiger partial charge >= 0.3 is 0 Å². The van der Waals surface area contributed by atoms with Gasteiger partial charge in [0.15, 0.2) is 11.8 Å². The van der Waals surface area contributed by atoms with E-state index in [1.54, 1.807) is 0 Å². The summed E-state index contributed by atoms with van der Waals surface area (Å²) in [5, 5.41) is 15.5. The fraction of sp³-hybridized carbons (Fsp3) is 0.850. The molecular formula is C20H40IN7. The Bertz CT molecular complexity index is 587. The average molecular weight is 505 g/mol. The van der Waals surface area contributed by atoms with Crippen molar-refractivity contribution in [2.24, 2.45) is 12.0 Å². The van der Waals surface area contributed by atoms with Gasteiger partial charge < -0.3 is 15.2 Å². The summed E-state index contributed by atoms with van der Waals surface area (Å²) < 4.78 is 2.00. The Kier molecular flexibility index (Phi) is 12.0. The molecule has 1 aliphatic heterocycles. The summed E-state index contributed by atoms with van der Waals surface area (Å²) in [6.07, 6.45) is 7.53. The van der Waals surface area contributed by atoms with Gasteiger partial charge in [0.1, 0.15) is 12.4 Å². The van der Waals surface area contributed by atoms with E-state index in [9.17, 15) is 0 Å². The summed E-state index contributed by atoms with van der Waals surface area (Å²) in [5.41, 5.74) is 0. The van der Waals surface area contributed by atoms with Gasteiger partial charge in [0.25, 0.3) is 0 Å². The Morgan fingerprint density at radius 1 is 1.29 bits per heavy atom. The summed E-state index contributed by atoms with van der Waals surface area (Å²) in [6.45, 7) is 12.5. The van der Waals surface area contributed by atoms with Crippen LogP contribution in [0, 0.1) is 6.92 Å². The van der Waals surface area contributed by atoms with Gasteiger partial charge in [0, 0.05) is 25.7 Å². The fourth-order valence-corrected chi connectivity index (χ4v) is 3.65. The first kappa shape index (κ1) is 25.1. The molecule has 0 aromatic carbocycles. The maximum Gasteiger partial charge on any atom is 0.191 e. The van der Waals surface area contributed by atoms with Crippen molar-refractivity contribution in [3.05, 3.63) is 11.6 Å². The van der Waals surface area contributed by atoms with Crippen molar-refractivity contribution in [3.63, 3.8) is 0 Å². The SMILES string of the molecule is CCCCCC(C)NC(=NCc1nnc(C)n1C)NCC1CCCN1CC.I. The number of likely N-dealkylation sites (N-methyl/N-ethyl adjacent to an activating group) is 1. The summed E-state index contributed by atoms with van der Waals surface area (Å²) in [4.78, 5) is 7.36.